The van der Waals surface area contributed by atoms with Crippen molar-refractivity contribution in [2.45, 2.75) is 13.2 Å². The van der Waals surface area contributed by atoms with Crippen LogP contribution in [-0.2, 0) is 17.9 Å². The molecule has 3 heterocycles. The van der Waals surface area contributed by atoms with Crippen LogP contribution in [0, 0.1) is 0 Å². The highest BCUT2D eigenvalue weighted by Crippen LogP contribution is 2.19. The second kappa shape index (κ2) is 6.56. The highest BCUT2D eigenvalue weighted by molar-refractivity contribution is 5.86. The molecule has 25 heavy (non-hydrogen) atoms. The number of ether oxygens (including phenoxy) is 1. The van der Waals surface area contributed by atoms with E-state index in [9.17, 15) is 4.79 Å². The van der Waals surface area contributed by atoms with E-state index in [1.165, 1.54) is 6.20 Å². The summed E-state index contributed by atoms with van der Waals surface area (Å²) in [6, 6.07) is 15.1. The van der Waals surface area contributed by atoms with E-state index in [0.29, 0.717) is 12.3 Å². The molecule has 0 spiro atoms. The Balaban J connectivity index is 1.39. The molecule has 7 heteroatoms. The molecule has 0 aliphatic rings. The predicted molar refractivity (Wildman–Crippen MR) is 88.7 cm³/mol. The van der Waals surface area contributed by atoms with Gasteiger partial charge in [-0.1, -0.05) is 29.5 Å². The molecule has 0 unspecified atom stereocenters. The minimum atomic E-state index is -0.548. The van der Waals surface area contributed by atoms with Gasteiger partial charge in [0.25, 0.3) is 0 Å². The van der Waals surface area contributed by atoms with Gasteiger partial charge in [-0.3, -0.25) is 4.98 Å². The van der Waals surface area contributed by atoms with Gasteiger partial charge >= 0.3 is 5.97 Å². The summed E-state index contributed by atoms with van der Waals surface area (Å²) in [5.41, 5.74) is 1.73. The normalized spacial score (nSPS) is 10.9. The fraction of sp³-hybridized carbons (Fsp3) is 0.111. The molecule has 0 N–H and O–H groups in total. The zero-order chi connectivity index (χ0) is 17.1. The number of hydrogen-bond donors (Lipinski definition) is 0. The lowest BCUT2D eigenvalue weighted by molar-refractivity contribution is 0.0440. The Morgan fingerprint density at radius 1 is 1.16 bits per heavy atom. The zero-order valence-corrected chi connectivity index (χ0v) is 13.2. The molecule has 0 bridgehead atoms. The predicted octanol–water partition coefficient (Wildman–Crippen LogP) is 2.82. The molecule has 0 saturated carbocycles. The van der Waals surface area contributed by atoms with Gasteiger partial charge in [0.15, 0.2) is 5.69 Å². The maximum Gasteiger partial charge on any atom is 0.360 e. The van der Waals surface area contributed by atoms with Crippen molar-refractivity contribution in [3.8, 4) is 0 Å². The zero-order valence-electron chi connectivity index (χ0n) is 13.2. The number of fused-ring (bicyclic) bond motifs is 1. The van der Waals surface area contributed by atoms with Gasteiger partial charge in [-0.05, 0) is 24.3 Å². The molecule has 4 aromatic rings. The Labute approximate surface area is 142 Å². The van der Waals surface area contributed by atoms with E-state index in [4.69, 9.17) is 9.15 Å². The molecule has 0 amide bonds. The molecule has 0 aliphatic carbocycles. The lowest BCUT2D eigenvalue weighted by Crippen LogP contribution is -2.05. The molecule has 4 rings (SSSR count). The third kappa shape index (κ3) is 3.40. The largest absolute Gasteiger partial charge is 0.457 e. The fourth-order valence-corrected chi connectivity index (χ4v) is 2.45. The molecule has 7 nitrogen and oxygen atoms in total. The van der Waals surface area contributed by atoms with Crippen molar-refractivity contribution in [2.24, 2.45) is 0 Å². The number of hydrogen-bond acceptors (Lipinski definition) is 6. The van der Waals surface area contributed by atoms with Crippen molar-refractivity contribution >= 4 is 16.9 Å². The van der Waals surface area contributed by atoms with Crippen molar-refractivity contribution in [1.29, 1.82) is 0 Å². The van der Waals surface area contributed by atoms with E-state index in [2.05, 4.69) is 15.3 Å². The summed E-state index contributed by atoms with van der Waals surface area (Å²) in [4.78, 5) is 16.3. The Bertz CT molecular complexity index is 974. The summed E-state index contributed by atoms with van der Waals surface area (Å²) in [5.74, 6) is 0.0307. The third-order valence-corrected chi connectivity index (χ3v) is 3.62. The number of carbonyl (C=O) groups excluding carboxylic acids is 1. The smallest absolute Gasteiger partial charge is 0.360 e. The molecule has 0 fully saturated rings. The average Bonchev–Trinajstić information content (AvgIpc) is 3.27. The third-order valence-electron chi connectivity index (χ3n) is 3.62. The van der Waals surface area contributed by atoms with Gasteiger partial charge < -0.3 is 9.15 Å². The molecule has 0 saturated heterocycles. The van der Waals surface area contributed by atoms with Crippen LogP contribution < -0.4 is 0 Å². The van der Waals surface area contributed by atoms with E-state index >= 15 is 0 Å². The molecule has 0 atom stereocenters. The first kappa shape index (κ1) is 15.1. The van der Waals surface area contributed by atoms with Gasteiger partial charge in [0.2, 0.25) is 0 Å². The number of aromatic nitrogens is 4. The fourth-order valence-electron chi connectivity index (χ4n) is 2.45. The Kier molecular flexibility index (Phi) is 3.96. The quantitative estimate of drug-likeness (QED) is 0.522. The molecule has 124 valence electrons. The van der Waals surface area contributed by atoms with Crippen LogP contribution in [0.25, 0.3) is 11.0 Å². The van der Waals surface area contributed by atoms with Gasteiger partial charge in [-0.2, -0.15) is 0 Å². The van der Waals surface area contributed by atoms with E-state index in [1.807, 2.05) is 48.5 Å². The summed E-state index contributed by atoms with van der Waals surface area (Å²) in [6.07, 6.45) is 3.24. The molecular weight excluding hydrogens is 320 g/mol. The first-order valence-corrected chi connectivity index (χ1v) is 7.72. The molecule has 3 aromatic heterocycles. The van der Waals surface area contributed by atoms with Crippen LogP contribution in [0.5, 0.6) is 0 Å². The lowest BCUT2D eigenvalue weighted by Gasteiger charge is -1.99. The number of esters is 1. The van der Waals surface area contributed by atoms with Crippen molar-refractivity contribution in [3.63, 3.8) is 0 Å². The topological polar surface area (TPSA) is 83.0 Å². The lowest BCUT2D eigenvalue weighted by atomic mass is 10.2. The Morgan fingerprint density at radius 2 is 2.04 bits per heavy atom. The van der Waals surface area contributed by atoms with Gasteiger partial charge in [0, 0.05) is 11.6 Å². The maximum atomic E-state index is 12.1. The monoisotopic (exact) mass is 334 g/mol. The van der Waals surface area contributed by atoms with Crippen LogP contribution in [0.15, 0.2) is 65.3 Å². The van der Waals surface area contributed by atoms with Gasteiger partial charge in [-0.25, -0.2) is 9.48 Å². The number of para-hydroxylation sites is 1. The number of benzene rings is 1. The summed E-state index contributed by atoms with van der Waals surface area (Å²) in [6.45, 7) is 0.477. The van der Waals surface area contributed by atoms with E-state index in [1.54, 1.807) is 10.9 Å². The number of pyridine rings is 1. The highest BCUT2D eigenvalue weighted by Gasteiger charge is 2.14. The minimum absolute atomic E-state index is 0.0423. The van der Waals surface area contributed by atoms with Crippen molar-refractivity contribution in [1.82, 2.24) is 20.0 Å². The van der Waals surface area contributed by atoms with Gasteiger partial charge in [0.05, 0.1) is 18.4 Å². The van der Waals surface area contributed by atoms with Gasteiger partial charge in [0.1, 0.15) is 18.0 Å². The van der Waals surface area contributed by atoms with Crippen LogP contribution in [0.2, 0.25) is 0 Å². The SMILES string of the molecule is O=C(OCc1cc2ccccc2o1)c1cn(Cc2ccccn2)nn1. The van der Waals surface area contributed by atoms with Crippen molar-refractivity contribution in [3.05, 3.63) is 78.1 Å². The number of nitrogens with zero attached hydrogens (tertiary/aromatic N) is 4. The van der Waals surface area contributed by atoms with Crippen LogP contribution in [0.4, 0.5) is 0 Å². The molecule has 1 aromatic carbocycles. The number of rotatable bonds is 5. The van der Waals surface area contributed by atoms with Crippen LogP contribution in [-0.4, -0.2) is 25.9 Å². The number of furan rings is 1. The molecular formula is C18H14N4O3. The first-order valence-electron chi connectivity index (χ1n) is 7.72. The summed E-state index contributed by atoms with van der Waals surface area (Å²) in [5, 5.41) is 8.74. The maximum absolute atomic E-state index is 12.1. The minimum Gasteiger partial charge on any atom is -0.457 e. The number of carbonyl (C=O) groups is 1. The van der Waals surface area contributed by atoms with Gasteiger partial charge in [-0.15, -0.1) is 5.10 Å². The summed E-state index contributed by atoms with van der Waals surface area (Å²) >= 11 is 0. The standard InChI is InChI=1S/C18H14N4O3/c23-18(24-12-15-9-13-5-1-2-7-17(13)25-15)16-11-22(21-20-16)10-14-6-3-4-8-19-14/h1-9,11H,10,12H2. The summed E-state index contributed by atoms with van der Waals surface area (Å²) in [7, 11) is 0. The van der Waals surface area contributed by atoms with E-state index in [-0.39, 0.29) is 12.3 Å². The molecule has 0 radical (unpaired) electrons. The Hall–Kier alpha value is -3.48. The second-order valence-corrected chi connectivity index (χ2v) is 5.45. The second-order valence-electron chi connectivity index (χ2n) is 5.45. The average molecular weight is 334 g/mol. The van der Waals surface area contributed by atoms with Crippen LogP contribution in [0.1, 0.15) is 21.9 Å². The van der Waals surface area contributed by atoms with Crippen LogP contribution >= 0.6 is 0 Å². The first-order chi connectivity index (χ1) is 12.3. The highest BCUT2D eigenvalue weighted by atomic mass is 16.5. The molecule has 0 aliphatic heterocycles. The van der Waals surface area contributed by atoms with E-state index < -0.39 is 5.97 Å². The van der Waals surface area contributed by atoms with Crippen LogP contribution in [0.3, 0.4) is 0 Å². The van der Waals surface area contributed by atoms with E-state index in [0.717, 1.165) is 16.7 Å². The van der Waals surface area contributed by atoms with Crippen molar-refractivity contribution in [2.75, 3.05) is 0 Å². The summed E-state index contributed by atoms with van der Waals surface area (Å²) < 4.78 is 12.4. The van der Waals surface area contributed by atoms with Crippen molar-refractivity contribution < 1.29 is 13.9 Å². The Morgan fingerprint density at radius 3 is 2.88 bits per heavy atom.